The Hall–Kier alpha value is -3.41. The molecule has 0 spiro atoms. The number of hydrogen-bond acceptors (Lipinski definition) is 4. The average molecular weight is 377 g/mol. The van der Waals surface area contributed by atoms with E-state index in [0.717, 1.165) is 0 Å². The zero-order valence-corrected chi connectivity index (χ0v) is 16.2. The van der Waals surface area contributed by atoms with Crippen molar-refractivity contribution in [1.82, 2.24) is 9.55 Å². The number of nitrogens with zero attached hydrogens (tertiary/aromatic N) is 2. The third-order valence-electron chi connectivity index (χ3n) is 4.11. The molecule has 0 aliphatic carbocycles. The second-order valence-corrected chi connectivity index (χ2v) is 6.96. The van der Waals surface area contributed by atoms with Crippen LogP contribution in [-0.2, 0) is 7.05 Å². The van der Waals surface area contributed by atoms with Crippen molar-refractivity contribution in [3.8, 4) is 5.75 Å². The van der Waals surface area contributed by atoms with E-state index in [1.807, 2.05) is 6.07 Å². The van der Waals surface area contributed by atoms with Crippen molar-refractivity contribution in [2.24, 2.45) is 13.0 Å². The van der Waals surface area contributed by atoms with Crippen LogP contribution in [0.15, 0.2) is 60.9 Å². The first-order valence-electron chi connectivity index (χ1n) is 9.10. The maximum atomic E-state index is 12.5. The maximum Gasteiger partial charge on any atom is 0.255 e. The fourth-order valence-corrected chi connectivity index (χ4v) is 2.61. The van der Waals surface area contributed by atoms with Crippen molar-refractivity contribution < 1.29 is 14.3 Å². The Labute approximate surface area is 164 Å². The molecule has 0 saturated heterocycles. The molecule has 28 heavy (non-hydrogen) atoms. The van der Waals surface area contributed by atoms with Gasteiger partial charge in [0.05, 0.1) is 6.61 Å². The molecule has 0 aliphatic heterocycles. The molecule has 1 N–H and O–H groups in total. The van der Waals surface area contributed by atoms with Gasteiger partial charge in [-0.1, -0.05) is 19.9 Å². The van der Waals surface area contributed by atoms with E-state index in [1.165, 1.54) is 0 Å². The minimum atomic E-state index is -0.238. The highest BCUT2D eigenvalue weighted by Gasteiger charge is 2.14. The van der Waals surface area contributed by atoms with Crippen molar-refractivity contribution >= 4 is 17.4 Å². The van der Waals surface area contributed by atoms with Gasteiger partial charge in [0.25, 0.3) is 5.91 Å². The van der Waals surface area contributed by atoms with Gasteiger partial charge in [0, 0.05) is 36.3 Å². The Kier molecular flexibility index (Phi) is 5.89. The quantitative estimate of drug-likeness (QED) is 0.633. The second kappa shape index (κ2) is 8.52. The molecule has 0 fully saturated rings. The number of nitrogens with one attached hydrogen (secondary N) is 1. The van der Waals surface area contributed by atoms with Gasteiger partial charge in [-0.2, -0.15) is 0 Å². The predicted molar refractivity (Wildman–Crippen MR) is 108 cm³/mol. The molecule has 3 rings (SSSR count). The molecule has 0 atom stereocenters. The molecule has 0 aliphatic rings. The third-order valence-corrected chi connectivity index (χ3v) is 4.11. The van der Waals surface area contributed by atoms with E-state index in [-0.39, 0.29) is 11.7 Å². The molecule has 1 aromatic heterocycles. The highest BCUT2D eigenvalue weighted by molar-refractivity contribution is 6.07. The highest BCUT2D eigenvalue weighted by atomic mass is 16.5. The summed E-state index contributed by atoms with van der Waals surface area (Å²) < 4.78 is 7.34. The summed E-state index contributed by atoms with van der Waals surface area (Å²) in [4.78, 5) is 29.0. The van der Waals surface area contributed by atoms with E-state index < -0.39 is 0 Å². The minimum absolute atomic E-state index is 0.166. The van der Waals surface area contributed by atoms with Gasteiger partial charge in [-0.15, -0.1) is 0 Å². The first-order chi connectivity index (χ1) is 13.4. The van der Waals surface area contributed by atoms with E-state index >= 15 is 0 Å². The average Bonchev–Trinajstić information content (AvgIpc) is 3.12. The van der Waals surface area contributed by atoms with Gasteiger partial charge in [-0.3, -0.25) is 9.59 Å². The van der Waals surface area contributed by atoms with Gasteiger partial charge in [-0.05, 0) is 48.4 Å². The Morgan fingerprint density at radius 1 is 1.11 bits per heavy atom. The van der Waals surface area contributed by atoms with Crippen LogP contribution in [0.1, 0.15) is 40.4 Å². The zero-order chi connectivity index (χ0) is 20.1. The second-order valence-electron chi connectivity index (χ2n) is 6.96. The lowest BCUT2D eigenvalue weighted by molar-refractivity contribution is 0.102. The maximum absolute atomic E-state index is 12.5. The van der Waals surface area contributed by atoms with Crippen molar-refractivity contribution in [2.75, 3.05) is 11.9 Å². The molecule has 1 heterocycles. The molecular formula is C22H23N3O3. The number of aromatic nitrogens is 2. The van der Waals surface area contributed by atoms with Crippen LogP contribution in [0.2, 0.25) is 0 Å². The summed E-state index contributed by atoms with van der Waals surface area (Å²) in [6, 6.07) is 13.8. The molecule has 1 amide bonds. The summed E-state index contributed by atoms with van der Waals surface area (Å²) in [5.41, 5.74) is 1.63. The molecule has 0 radical (unpaired) electrons. The Balaban J connectivity index is 1.67. The van der Waals surface area contributed by atoms with Crippen LogP contribution in [-0.4, -0.2) is 27.8 Å². The van der Waals surface area contributed by atoms with Crippen LogP contribution in [0, 0.1) is 5.92 Å². The van der Waals surface area contributed by atoms with Crippen LogP contribution in [0.3, 0.4) is 0 Å². The highest BCUT2D eigenvalue weighted by Crippen LogP contribution is 2.17. The normalized spacial score (nSPS) is 10.7. The Bertz CT molecular complexity index is 975. The molecule has 0 saturated carbocycles. The van der Waals surface area contributed by atoms with Crippen LogP contribution in [0.4, 0.5) is 5.69 Å². The van der Waals surface area contributed by atoms with E-state index in [4.69, 9.17) is 4.74 Å². The fourth-order valence-electron chi connectivity index (χ4n) is 2.61. The number of carbonyl (C=O) groups excluding carboxylic acids is 2. The first-order valence-corrected chi connectivity index (χ1v) is 9.10. The van der Waals surface area contributed by atoms with E-state index in [0.29, 0.717) is 40.9 Å². The van der Waals surface area contributed by atoms with Crippen LogP contribution < -0.4 is 10.1 Å². The molecule has 6 nitrogen and oxygen atoms in total. The van der Waals surface area contributed by atoms with Gasteiger partial charge in [0.15, 0.2) is 5.82 Å². The zero-order valence-electron chi connectivity index (χ0n) is 16.2. The standard InChI is InChI=1S/C22H23N3O3/c1-15(2)14-28-19-6-4-5-17(13-19)22(27)24-18-9-7-16(8-10-18)20(26)21-23-11-12-25(21)3/h4-13,15H,14H2,1-3H3,(H,24,27). The minimum Gasteiger partial charge on any atom is -0.493 e. The van der Waals surface area contributed by atoms with Crippen molar-refractivity contribution in [3.63, 3.8) is 0 Å². The summed E-state index contributed by atoms with van der Waals surface area (Å²) in [6.45, 7) is 4.73. The molecule has 3 aromatic rings. The lowest BCUT2D eigenvalue weighted by atomic mass is 10.1. The van der Waals surface area contributed by atoms with Crippen molar-refractivity contribution in [2.45, 2.75) is 13.8 Å². The summed E-state index contributed by atoms with van der Waals surface area (Å²) in [5.74, 6) is 1.04. The fraction of sp³-hybridized carbons (Fsp3) is 0.227. The van der Waals surface area contributed by atoms with E-state index in [1.54, 1.807) is 66.5 Å². The van der Waals surface area contributed by atoms with E-state index in [2.05, 4.69) is 24.1 Å². The molecule has 2 aromatic carbocycles. The van der Waals surface area contributed by atoms with Crippen molar-refractivity contribution in [3.05, 3.63) is 77.9 Å². The number of hydrogen-bond donors (Lipinski definition) is 1. The van der Waals surface area contributed by atoms with Gasteiger partial charge in [0.2, 0.25) is 5.78 Å². The van der Waals surface area contributed by atoms with Gasteiger partial charge in [-0.25, -0.2) is 4.98 Å². The first kappa shape index (κ1) is 19.4. The lowest BCUT2D eigenvalue weighted by Gasteiger charge is -2.10. The largest absolute Gasteiger partial charge is 0.493 e. The number of benzene rings is 2. The Morgan fingerprint density at radius 3 is 2.50 bits per heavy atom. The summed E-state index contributed by atoms with van der Waals surface area (Å²) >= 11 is 0. The van der Waals surface area contributed by atoms with Gasteiger partial charge in [0.1, 0.15) is 5.75 Å². The number of anilines is 1. The van der Waals surface area contributed by atoms with Crippen LogP contribution in [0.5, 0.6) is 5.75 Å². The van der Waals surface area contributed by atoms with E-state index in [9.17, 15) is 9.59 Å². The monoisotopic (exact) mass is 377 g/mol. The molecule has 144 valence electrons. The predicted octanol–water partition coefficient (Wildman–Crippen LogP) is 3.94. The number of rotatable bonds is 7. The SMILES string of the molecule is CC(C)COc1cccc(C(=O)Nc2ccc(C(=O)c3nccn3C)cc2)c1. The molecule has 0 bridgehead atoms. The lowest BCUT2D eigenvalue weighted by Crippen LogP contribution is -2.13. The Morgan fingerprint density at radius 2 is 1.86 bits per heavy atom. The number of aryl methyl sites for hydroxylation is 1. The number of ketones is 1. The molecular weight excluding hydrogens is 354 g/mol. The topological polar surface area (TPSA) is 73.2 Å². The van der Waals surface area contributed by atoms with Crippen LogP contribution in [0.25, 0.3) is 0 Å². The smallest absolute Gasteiger partial charge is 0.255 e. The van der Waals surface area contributed by atoms with Crippen molar-refractivity contribution in [1.29, 1.82) is 0 Å². The molecule has 6 heteroatoms. The summed E-state index contributed by atoms with van der Waals surface area (Å²) in [6.07, 6.45) is 3.31. The van der Waals surface area contributed by atoms with Crippen LogP contribution >= 0.6 is 0 Å². The number of amides is 1. The molecule has 0 unspecified atom stereocenters. The third kappa shape index (κ3) is 4.65. The summed E-state index contributed by atoms with van der Waals surface area (Å²) in [7, 11) is 1.77. The number of imidazole rings is 1. The number of carbonyl (C=O) groups is 2. The van der Waals surface area contributed by atoms with Gasteiger partial charge >= 0.3 is 0 Å². The summed E-state index contributed by atoms with van der Waals surface area (Å²) in [5, 5.41) is 2.84. The number of ether oxygens (including phenoxy) is 1. The van der Waals surface area contributed by atoms with Gasteiger partial charge < -0.3 is 14.6 Å².